The number of nitrogens with zero attached hydrogens (tertiary/aromatic N) is 3. The Kier molecular flexibility index (Phi) is 10.6. The molecule has 35 heavy (non-hydrogen) atoms. The fraction of sp³-hybridized carbons (Fsp3) is 0.650. The number of hydrogen-bond acceptors (Lipinski definition) is 6. The summed E-state index contributed by atoms with van der Waals surface area (Å²) in [7, 11) is 3.67. The topological polar surface area (TPSA) is 115 Å². The van der Waals surface area contributed by atoms with Crippen molar-refractivity contribution in [3.63, 3.8) is 0 Å². The van der Waals surface area contributed by atoms with Crippen LogP contribution >= 0.6 is 0 Å². The highest BCUT2D eigenvalue weighted by Crippen LogP contribution is 2.39. The van der Waals surface area contributed by atoms with Crippen LogP contribution < -0.4 is 0 Å². The third kappa shape index (κ3) is 9.76. The summed E-state index contributed by atoms with van der Waals surface area (Å²) < 4.78 is 68.6. The van der Waals surface area contributed by atoms with Gasteiger partial charge in [0.05, 0.1) is 19.1 Å². The molecule has 0 aromatic carbocycles. The molecule has 2 fully saturated rings. The summed E-state index contributed by atoms with van der Waals surface area (Å²) in [6.07, 6.45) is -3.01. The molecule has 3 heterocycles. The molecule has 2 aliphatic rings. The van der Waals surface area contributed by atoms with E-state index in [0.717, 1.165) is 26.2 Å². The van der Waals surface area contributed by atoms with Gasteiger partial charge in [-0.1, -0.05) is 0 Å². The van der Waals surface area contributed by atoms with Crippen LogP contribution in [0.15, 0.2) is 23.0 Å². The second kappa shape index (κ2) is 12.2. The minimum absolute atomic E-state index is 0.218. The zero-order valence-corrected chi connectivity index (χ0v) is 19.0. The number of furan rings is 1. The number of halogens is 6. The number of amides is 1. The number of carbonyl (C=O) groups excluding carboxylic acids is 1. The Bertz CT molecular complexity index is 809. The van der Waals surface area contributed by atoms with E-state index in [0.29, 0.717) is 12.1 Å². The highest BCUT2D eigenvalue weighted by atomic mass is 19.4. The van der Waals surface area contributed by atoms with Gasteiger partial charge in [-0.2, -0.15) is 26.3 Å². The molecule has 0 aliphatic carbocycles. The molecule has 15 heteroatoms. The SMILES string of the molecule is CN(C)C(=O)CN1CCC12CCN(Cc1ccoc1)CC2.O=C(O)C(F)(F)F.O=C(O)C(F)(F)F. The van der Waals surface area contributed by atoms with Crippen molar-refractivity contribution < 1.29 is 55.4 Å². The van der Waals surface area contributed by atoms with E-state index in [4.69, 9.17) is 24.2 Å². The number of aliphatic carboxylic acids is 2. The fourth-order valence-corrected chi connectivity index (χ4v) is 3.47. The summed E-state index contributed by atoms with van der Waals surface area (Å²) in [6, 6.07) is 2.04. The first kappa shape index (κ1) is 30.2. The van der Waals surface area contributed by atoms with Gasteiger partial charge in [0.1, 0.15) is 0 Å². The van der Waals surface area contributed by atoms with Crippen LogP contribution in [0.3, 0.4) is 0 Å². The predicted molar refractivity (Wildman–Crippen MR) is 108 cm³/mol. The number of alkyl halides is 6. The lowest BCUT2D eigenvalue weighted by molar-refractivity contribution is -0.193. The minimum atomic E-state index is -5.08. The lowest BCUT2D eigenvalue weighted by Crippen LogP contribution is -2.65. The second-order valence-electron chi connectivity index (χ2n) is 8.20. The molecular formula is C20H27F6N3O6. The number of hydrogen-bond donors (Lipinski definition) is 2. The van der Waals surface area contributed by atoms with Crippen LogP contribution in [-0.4, -0.2) is 101 Å². The number of likely N-dealkylation sites (N-methyl/N-ethyl adjacent to an activating group) is 1. The Morgan fingerprint density at radius 2 is 1.43 bits per heavy atom. The summed E-state index contributed by atoms with van der Waals surface area (Å²) in [5.74, 6) is -5.30. The standard InChI is InChI=1S/C16H25N3O2.2C2HF3O2/c1-17(2)15(20)12-19-9-6-16(19)4-7-18(8-5-16)11-14-3-10-21-13-14;2*3-2(4,5)1(6)7/h3,10,13H,4-9,11-12H2,1-2H3;2*(H,6,7). The van der Waals surface area contributed by atoms with Gasteiger partial charge < -0.3 is 19.5 Å². The van der Waals surface area contributed by atoms with Gasteiger partial charge >= 0.3 is 24.3 Å². The van der Waals surface area contributed by atoms with Crippen LogP contribution in [0.2, 0.25) is 0 Å². The smallest absolute Gasteiger partial charge is 0.475 e. The molecule has 9 nitrogen and oxygen atoms in total. The zero-order valence-electron chi connectivity index (χ0n) is 19.0. The molecule has 1 amide bonds. The Balaban J connectivity index is 0.000000362. The average molecular weight is 519 g/mol. The van der Waals surface area contributed by atoms with Crippen molar-refractivity contribution >= 4 is 17.8 Å². The molecule has 200 valence electrons. The van der Waals surface area contributed by atoms with Crippen molar-refractivity contribution in [3.05, 3.63) is 24.2 Å². The number of rotatable bonds is 4. The molecule has 1 aromatic heterocycles. The van der Waals surface area contributed by atoms with E-state index in [9.17, 15) is 31.1 Å². The van der Waals surface area contributed by atoms with Gasteiger partial charge in [-0.15, -0.1) is 0 Å². The lowest BCUT2D eigenvalue weighted by atomic mass is 9.76. The Labute approximate surface area is 196 Å². The predicted octanol–water partition coefficient (Wildman–Crippen LogP) is 2.67. The van der Waals surface area contributed by atoms with Crippen LogP contribution in [0.4, 0.5) is 26.3 Å². The lowest BCUT2D eigenvalue weighted by Gasteiger charge is -2.56. The van der Waals surface area contributed by atoms with Crippen LogP contribution in [0.5, 0.6) is 0 Å². The molecule has 0 atom stereocenters. The molecule has 0 radical (unpaired) electrons. The highest BCUT2D eigenvalue weighted by molar-refractivity contribution is 5.78. The maximum absolute atomic E-state index is 11.9. The van der Waals surface area contributed by atoms with Gasteiger partial charge in [-0.05, 0) is 25.3 Å². The third-order valence-corrected chi connectivity index (χ3v) is 5.60. The quantitative estimate of drug-likeness (QED) is 0.584. The first-order valence-corrected chi connectivity index (χ1v) is 10.3. The van der Waals surface area contributed by atoms with E-state index in [2.05, 4.69) is 9.80 Å². The molecule has 2 saturated heterocycles. The van der Waals surface area contributed by atoms with Gasteiger partial charge in [-0.25, -0.2) is 9.59 Å². The van der Waals surface area contributed by atoms with E-state index in [1.54, 1.807) is 11.2 Å². The Morgan fingerprint density at radius 1 is 0.971 bits per heavy atom. The normalized spacial score (nSPS) is 17.8. The molecule has 1 spiro atoms. The Morgan fingerprint density at radius 3 is 1.74 bits per heavy atom. The van der Waals surface area contributed by atoms with Gasteiger partial charge in [0.25, 0.3) is 0 Å². The number of likely N-dealkylation sites (tertiary alicyclic amines) is 2. The number of carboxylic acid groups (broad SMARTS) is 2. The molecule has 0 saturated carbocycles. The monoisotopic (exact) mass is 519 g/mol. The average Bonchev–Trinajstić information content (AvgIpc) is 3.24. The van der Waals surface area contributed by atoms with E-state index >= 15 is 0 Å². The van der Waals surface area contributed by atoms with Crippen LogP contribution in [-0.2, 0) is 20.9 Å². The summed E-state index contributed by atoms with van der Waals surface area (Å²) in [6.45, 7) is 4.84. The first-order chi connectivity index (χ1) is 16.0. The van der Waals surface area contributed by atoms with Crippen LogP contribution in [0.25, 0.3) is 0 Å². The summed E-state index contributed by atoms with van der Waals surface area (Å²) in [5.41, 5.74) is 1.54. The van der Waals surface area contributed by atoms with Gasteiger partial charge in [0.15, 0.2) is 0 Å². The van der Waals surface area contributed by atoms with E-state index in [1.807, 2.05) is 26.4 Å². The number of piperidine rings is 1. The maximum atomic E-state index is 11.9. The van der Waals surface area contributed by atoms with Crippen molar-refractivity contribution in [2.24, 2.45) is 0 Å². The summed E-state index contributed by atoms with van der Waals surface area (Å²) in [4.78, 5) is 36.3. The maximum Gasteiger partial charge on any atom is 0.490 e. The molecule has 1 aromatic rings. The summed E-state index contributed by atoms with van der Waals surface area (Å²) >= 11 is 0. The molecule has 2 aliphatic heterocycles. The molecular weight excluding hydrogens is 492 g/mol. The third-order valence-electron chi connectivity index (χ3n) is 5.60. The summed E-state index contributed by atoms with van der Waals surface area (Å²) in [5, 5.41) is 14.2. The van der Waals surface area contributed by atoms with Gasteiger partial charge in [0, 0.05) is 51.4 Å². The fourth-order valence-electron chi connectivity index (χ4n) is 3.47. The van der Waals surface area contributed by atoms with Gasteiger partial charge in [-0.3, -0.25) is 14.6 Å². The van der Waals surface area contributed by atoms with Crippen molar-refractivity contribution in [1.29, 1.82) is 0 Å². The van der Waals surface area contributed by atoms with Crippen molar-refractivity contribution in [2.75, 3.05) is 40.3 Å². The Hall–Kier alpha value is -2.81. The van der Waals surface area contributed by atoms with E-state index in [1.165, 1.54) is 24.8 Å². The van der Waals surface area contributed by atoms with Crippen LogP contribution in [0.1, 0.15) is 24.8 Å². The molecule has 0 unspecified atom stereocenters. The van der Waals surface area contributed by atoms with Crippen molar-refractivity contribution in [2.45, 2.75) is 43.7 Å². The van der Waals surface area contributed by atoms with Crippen molar-refractivity contribution in [1.82, 2.24) is 14.7 Å². The first-order valence-electron chi connectivity index (χ1n) is 10.3. The second-order valence-corrected chi connectivity index (χ2v) is 8.20. The zero-order chi connectivity index (χ0) is 27.0. The highest BCUT2D eigenvalue weighted by Gasteiger charge is 2.46. The van der Waals surface area contributed by atoms with Gasteiger partial charge in [0.2, 0.25) is 5.91 Å². The number of carboxylic acids is 2. The largest absolute Gasteiger partial charge is 0.490 e. The minimum Gasteiger partial charge on any atom is -0.475 e. The molecule has 2 N–H and O–H groups in total. The van der Waals surface area contributed by atoms with E-state index < -0.39 is 24.3 Å². The van der Waals surface area contributed by atoms with Crippen LogP contribution in [0, 0.1) is 0 Å². The van der Waals surface area contributed by atoms with Crippen molar-refractivity contribution in [3.8, 4) is 0 Å². The van der Waals surface area contributed by atoms with E-state index in [-0.39, 0.29) is 5.91 Å². The molecule has 3 rings (SSSR count). The molecule has 0 bridgehead atoms. The number of carbonyl (C=O) groups is 3.